The van der Waals surface area contributed by atoms with Crippen LogP contribution in [0.4, 0.5) is 0 Å². The molecule has 0 radical (unpaired) electrons. The molecule has 2 N–H and O–H groups in total. The molecule has 3 rings (SSSR count). The monoisotopic (exact) mass is 410 g/mol. The van der Waals surface area contributed by atoms with E-state index in [0.29, 0.717) is 12.0 Å². The number of benzene rings is 1. The van der Waals surface area contributed by atoms with Crippen molar-refractivity contribution in [3.05, 3.63) is 62.4 Å². The van der Waals surface area contributed by atoms with Gasteiger partial charge in [-0.1, -0.05) is 24.6 Å². The fourth-order valence-corrected chi connectivity index (χ4v) is 3.88. The van der Waals surface area contributed by atoms with Crippen molar-refractivity contribution in [3.8, 4) is 0 Å². The number of aliphatic hydroxyl groups is 1. The Bertz CT molecular complexity index is 1060. The van der Waals surface area contributed by atoms with Crippen LogP contribution in [-0.4, -0.2) is 41.9 Å². The van der Waals surface area contributed by atoms with E-state index in [1.54, 1.807) is 19.1 Å². The van der Waals surface area contributed by atoms with Crippen LogP contribution in [0.1, 0.15) is 30.7 Å². The summed E-state index contributed by atoms with van der Waals surface area (Å²) < 4.78 is 36.4. The first-order valence-electron chi connectivity index (χ1n) is 8.85. The molecule has 2 heterocycles. The lowest BCUT2D eigenvalue weighted by atomic mass is 10.2. The van der Waals surface area contributed by atoms with Crippen LogP contribution in [0, 0.1) is 6.92 Å². The minimum absolute atomic E-state index is 0.00609. The average Bonchev–Trinajstić information content (AvgIpc) is 3.01. The molecule has 1 saturated heterocycles. The van der Waals surface area contributed by atoms with E-state index in [1.807, 2.05) is 6.92 Å². The number of rotatable bonds is 6. The number of hydrogen-bond donors (Lipinski definition) is 2. The third-order valence-corrected chi connectivity index (χ3v) is 5.93. The SMILES string of the molecule is CCc1cn([C@@H]2CC(O)[C@H](COS(=O)(=O)c3ccc(C)cc3)O2)c(=O)[nH]c1=O. The second kappa shape index (κ2) is 8.00. The van der Waals surface area contributed by atoms with Crippen LogP contribution in [0.25, 0.3) is 0 Å². The lowest BCUT2D eigenvalue weighted by molar-refractivity contribution is -0.0400. The summed E-state index contributed by atoms with van der Waals surface area (Å²) in [7, 11) is -4.00. The van der Waals surface area contributed by atoms with Crippen LogP contribution in [0.3, 0.4) is 0 Å². The third-order valence-electron chi connectivity index (χ3n) is 4.63. The van der Waals surface area contributed by atoms with Gasteiger partial charge in [0.1, 0.15) is 12.3 Å². The smallest absolute Gasteiger partial charge is 0.330 e. The summed E-state index contributed by atoms with van der Waals surface area (Å²) in [5.74, 6) is 0. The Hall–Kier alpha value is -2.27. The molecule has 1 fully saturated rings. The highest BCUT2D eigenvalue weighted by Crippen LogP contribution is 2.28. The molecule has 0 aliphatic carbocycles. The van der Waals surface area contributed by atoms with Crippen molar-refractivity contribution < 1.29 is 22.4 Å². The van der Waals surface area contributed by atoms with Crippen molar-refractivity contribution in [2.75, 3.05) is 6.61 Å². The van der Waals surface area contributed by atoms with E-state index >= 15 is 0 Å². The molecule has 0 saturated carbocycles. The number of aliphatic hydroxyl groups excluding tert-OH is 1. The van der Waals surface area contributed by atoms with Crippen molar-refractivity contribution in [1.29, 1.82) is 0 Å². The molecule has 9 nitrogen and oxygen atoms in total. The summed E-state index contributed by atoms with van der Waals surface area (Å²) >= 11 is 0. The van der Waals surface area contributed by atoms with Crippen LogP contribution in [0.15, 0.2) is 44.9 Å². The standard InChI is InChI=1S/C18H22N2O7S/c1-3-12-9-20(18(23)19-17(12)22)16-8-14(21)15(27-16)10-26-28(24,25)13-6-4-11(2)5-7-13/h4-7,9,14-16,21H,3,8,10H2,1-2H3,(H,19,22,23)/t14?,15-,16-/m0/s1. The van der Waals surface area contributed by atoms with E-state index in [9.17, 15) is 23.1 Å². The molecule has 2 aromatic rings. The van der Waals surface area contributed by atoms with E-state index < -0.39 is 46.4 Å². The molecule has 28 heavy (non-hydrogen) atoms. The molecule has 1 aliphatic heterocycles. The van der Waals surface area contributed by atoms with Crippen LogP contribution in [0.2, 0.25) is 0 Å². The topological polar surface area (TPSA) is 128 Å². The maximum Gasteiger partial charge on any atom is 0.330 e. The molecule has 1 aromatic carbocycles. The van der Waals surface area contributed by atoms with E-state index in [0.717, 1.165) is 5.56 Å². The molecule has 1 aromatic heterocycles. The molecule has 3 atom stereocenters. The minimum Gasteiger partial charge on any atom is -0.390 e. The van der Waals surface area contributed by atoms with Gasteiger partial charge in [-0.2, -0.15) is 8.42 Å². The molecular formula is C18H22N2O7S. The van der Waals surface area contributed by atoms with Gasteiger partial charge in [-0.05, 0) is 25.5 Å². The second-order valence-electron chi connectivity index (χ2n) is 6.66. The van der Waals surface area contributed by atoms with Crippen LogP contribution in [0.5, 0.6) is 0 Å². The van der Waals surface area contributed by atoms with Gasteiger partial charge in [0.25, 0.3) is 15.7 Å². The summed E-state index contributed by atoms with van der Waals surface area (Å²) in [5.41, 5.74) is 0.188. The predicted molar refractivity (Wildman–Crippen MR) is 99.6 cm³/mol. The second-order valence-corrected chi connectivity index (χ2v) is 8.27. The van der Waals surface area contributed by atoms with E-state index in [-0.39, 0.29) is 11.3 Å². The molecule has 10 heteroatoms. The van der Waals surface area contributed by atoms with Crippen LogP contribution < -0.4 is 11.2 Å². The van der Waals surface area contributed by atoms with Crippen molar-refractivity contribution in [3.63, 3.8) is 0 Å². The van der Waals surface area contributed by atoms with Crippen molar-refractivity contribution in [1.82, 2.24) is 9.55 Å². The molecule has 0 amide bonds. The van der Waals surface area contributed by atoms with Gasteiger partial charge in [0.15, 0.2) is 0 Å². The molecule has 0 bridgehead atoms. The number of nitrogens with zero attached hydrogens (tertiary/aromatic N) is 1. The van der Waals surface area contributed by atoms with Gasteiger partial charge < -0.3 is 9.84 Å². The summed E-state index contributed by atoms with van der Waals surface area (Å²) in [6, 6.07) is 6.18. The van der Waals surface area contributed by atoms with Crippen molar-refractivity contribution in [2.45, 2.75) is 50.0 Å². The molecule has 1 aliphatic rings. The van der Waals surface area contributed by atoms with Crippen molar-refractivity contribution >= 4 is 10.1 Å². The highest BCUT2D eigenvalue weighted by molar-refractivity contribution is 7.86. The Labute approximate surface area is 161 Å². The van der Waals surface area contributed by atoms with Gasteiger partial charge in [-0.15, -0.1) is 0 Å². The number of hydrogen-bond acceptors (Lipinski definition) is 7. The number of aromatic nitrogens is 2. The molecule has 0 spiro atoms. The highest BCUT2D eigenvalue weighted by Gasteiger charge is 2.37. The first-order valence-corrected chi connectivity index (χ1v) is 10.3. The van der Waals surface area contributed by atoms with Gasteiger partial charge in [0.05, 0.1) is 17.6 Å². The lowest BCUT2D eigenvalue weighted by Crippen LogP contribution is -2.34. The summed E-state index contributed by atoms with van der Waals surface area (Å²) in [6.07, 6.45) is -0.915. The number of ether oxygens (including phenoxy) is 1. The predicted octanol–water partition coefficient (Wildman–Crippen LogP) is 0.461. The Balaban J connectivity index is 1.72. The first-order chi connectivity index (χ1) is 13.2. The number of aryl methyl sites for hydroxylation is 2. The molecule has 1 unspecified atom stereocenters. The van der Waals surface area contributed by atoms with Gasteiger partial charge in [-0.3, -0.25) is 18.5 Å². The number of nitrogens with one attached hydrogen (secondary N) is 1. The Morgan fingerprint density at radius 1 is 1.29 bits per heavy atom. The Morgan fingerprint density at radius 2 is 1.96 bits per heavy atom. The quantitative estimate of drug-likeness (QED) is 0.662. The van der Waals surface area contributed by atoms with Gasteiger partial charge in [-0.25, -0.2) is 4.79 Å². The first kappa shape index (κ1) is 20.5. The highest BCUT2D eigenvalue weighted by atomic mass is 32.2. The zero-order valence-electron chi connectivity index (χ0n) is 15.5. The van der Waals surface area contributed by atoms with E-state index in [1.165, 1.54) is 22.9 Å². The number of aromatic amines is 1. The number of H-pyrrole nitrogens is 1. The van der Waals surface area contributed by atoms with E-state index in [2.05, 4.69) is 4.98 Å². The summed E-state index contributed by atoms with van der Waals surface area (Å²) in [6.45, 7) is 3.21. The third kappa shape index (κ3) is 4.25. The average molecular weight is 410 g/mol. The zero-order valence-corrected chi connectivity index (χ0v) is 16.3. The van der Waals surface area contributed by atoms with Gasteiger partial charge in [0.2, 0.25) is 0 Å². The molecule has 152 valence electrons. The summed E-state index contributed by atoms with van der Waals surface area (Å²) in [4.78, 5) is 26.0. The van der Waals surface area contributed by atoms with Crippen LogP contribution >= 0.6 is 0 Å². The maximum absolute atomic E-state index is 12.3. The minimum atomic E-state index is -4.00. The van der Waals surface area contributed by atoms with Gasteiger partial charge in [0, 0.05) is 18.2 Å². The van der Waals surface area contributed by atoms with Crippen molar-refractivity contribution in [2.24, 2.45) is 0 Å². The Kier molecular flexibility index (Phi) is 5.84. The fraction of sp³-hybridized carbons (Fsp3) is 0.444. The zero-order chi connectivity index (χ0) is 20.5. The van der Waals surface area contributed by atoms with Gasteiger partial charge >= 0.3 is 5.69 Å². The Morgan fingerprint density at radius 3 is 2.61 bits per heavy atom. The van der Waals surface area contributed by atoms with E-state index in [4.69, 9.17) is 8.92 Å². The normalized spacial score (nSPS) is 22.5. The maximum atomic E-state index is 12.3. The lowest BCUT2D eigenvalue weighted by Gasteiger charge is -2.16. The molecular weight excluding hydrogens is 388 g/mol. The van der Waals surface area contributed by atoms with Crippen LogP contribution in [-0.2, 0) is 25.5 Å². The summed E-state index contributed by atoms with van der Waals surface area (Å²) in [5, 5.41) is 10.2. The largest absolute Gasteiger partial charge is 0.390 e. The fourth-order valence-electron chi connectivity index (χ4n) is 2.96.